The van der Waals surface area contributed by atoms with Gasteiger partial charge in [0.1, 0.15) is 6.04 Å². The molecule has 2 heterocycles. The lowest BCUT2D eigenvalue weighted by molar-refractivity contribution is -0.149. The van der Waals surface area contributed by atoms with Crippen molar-refractivity contribution in [2.75, 3.05) is 21.3 Å². The number of amides is 1. The molecule has 1 amide bonds. The van der Waals surface area contributed by atoms with E-state index in [1.807, 2.05) is 0 Å². The first kappa shape index (κ1) is 38.0. The standard InChI is InChI=1S/C40H33Cl2F2N3O7/c1-20(2)45-37(48)35(46-31(23-8-12-29(43)33(16-23)52-3)14-21-6-10-25(41)18-27(21)38(46)49)36(40(51)54-5)47-32(24-9-13-30(44)34(17-24)53-4)15-22-7-11-26(42)19-28(22)39(47)50/h6-20,35-36H,1-5H3,(H,45,48). The Bertz CT molecular complexity index is 2590. The Balaban J connectivity index is 1.81. The largest absolute Gasteiger partial charge is 0.494 e. The third-order valence-corrected chi connectivity index (χ3v) is 9.39. The third kappa shape index (κ3) is 7.02. The van der Waals surface area contributed by atoms with E-state index in [4.69, 9.17) is 37.4 Å². The Morgan fingerprint density at radius 3 is 1.50 bits per heavy atom. The minimum absolute atomic E-state index is 0.0488. The second-order valence-corrected chi connectivity index (χ2v) is 13.5. The van der Waals surface area contributed by atoms with E-state index in [-0.39, 0.29) is 54.8 Å². The van der Waals surface area contributed by atoms with Crippen LogP contribution in [0.1, 0.15) is 25.9 Å². The summed E-state index contributed by atoms with van der Waals surface area (Å²) in [6.07, 6.45) is 0. The van der Waals surface area contributed by atoms with E-state index in [1.165, 1.54) is 50.6 Å². The predicted octanol–water partition coefficient (Wildman–Crippen LogP) is 7.73. The van der Waals surface area contributed by atoms with Crippen molar-refractivity contribution in [1.29, 1.82) is 0 Å². The zero-order chi connectivity index (χ0) is 39.0. The predicted molar refractivity (Wildman–Crippen MR) is 204 cm³/mol. The second kappa shape index (κ2) is 15.3. The van der Waals surface area contributed by atoms with Crippen molar-refractivity contribution in [2.24, 2.45) is 0 Å². The fourth-order valence-corrected chi connectivity index (χ4v) is 6.84. The van der Waals surface area contributed by atoms with Gasteiger partial charge >= 0.3 is 5.97 Å². The number of fused-ring (bicyclic) bond motifs is 2. The summed E-state index contributed by atoms with van der Waals surface area (Å²) in [5.41, 5.74) is -0.990. The van der Waals surface area contributed by atoms with Crippen molar-refractivity contribution >= 4 is 56.6 Å². The van der Waals surface area contributed by atoms with Gasteiger partial charge < -0.3 is 19.5 Å². The van der Waals surface area contributed by atoms with Crippen LogP contribution in [0, 0.1) is 11.6 Å². The molecule has 0 spiro atoms. The van der Waals surface area contributed by atoms with Crippen molar-refractivity contribution in [3.63, 3.8) is 0 Å². The fourth-order valence-electron chi connectivity index (χ4n) is 6.49. The number of carbonyl (C=O) groups excluding carboxylic acids is 2. The summed E-state index contributed by atoms with van der Waals surface area (Å²) < 4.78 is 47.4. The summed E-state index contributed by atoms with van der Waals surface area (Å²) >= 11 is 12.7. The molecule has 0 fully saturated rings. The van der Waals surface area contributed by atoms with Gasteiger partial charge in [0, 0.05) is 38.0 Å². The van der Waals surface area contributed by atoms with Gasteiger partial charge in [0.05, 0.1) is 32.7 Å². The summed E-state index contributed by atoms with van der Waals surface area (Å²) in [5, 5.41) is 4.18. The topological polar surface area (TPSA) is 118 Å². The second-order valence-electron chi connectivity index (χ2n) is 12.6. The summed E-state index contributed by atoms with van der Waals surface area (Å²) in [6, 6.07) is 15.7. The maximum atomic E-state index is 14.9. The summed E-state index contributed by atoms with van der Waals surface area (Å²) in [6.45, 7) is 3.36. The van der Waals surface area contributed by atoms with Crippen LogP contribution >= 0.6 is 23.2 Å². The number of hydrogen-bond donors (Lipinski definition) is 1. The zero-order valence-electron chi connectivity index (χ0n) is 29.6. The number of pyridine rings is 2. The molecule has 6 rings (SSSR count). The Kier molecular flexibility index (Phi) is 10.8. The first-order valence-corrected chi connectivity index (χ1v) is 17.3. The van der Waals surface area contributed by atoms with Gasteiger partial charge in [-0.2, -0.15) is 0 Å². The number of methoxy groups -OCH3 is 3. The molecule has 1 N–H and O–H groups in total. The van der Waals surface area contributed by atoms with E-state index in [0.717, 1.165) is 28.4 Å². The Morgan fingerprint density at radius 2 is 1.09 bits per heavy atom. The minimum Gasteiger partial charge on any atom is -0.494 e. The van der Waals surface area contributed by atoms with E-state index < -0.39 is 52.8 Å². The van der Waals surface area contributed by atoms with Crippen LogP contribution in [0.5, 0.6) is 11.5 Å². The molecule has 0 aliphatic heterocycles. The van der Waals surface area contributed by atoms with E-state index in [2.05, 4.69) is 5.32 Å². The molecule has 14 heteroatoms. The summed E-state index contributed by atoms with van der Waals surface area (Å²) in [4.78, 5) is 58.9. The van der Waals surface area contributed by atoms with Crippen molar-refractivity contribution in [1.82, 2.24) is 14.5 Å². The maximum absolute atomic E-state index is 14.9. The molecule has 4 aromatic carbocycles. The number of rotatable bonds is 10. The highest BCUT2D eigenvalue weighted by Crippen LogP contribution is 2.37. The first-order chi connectivity index (χ1) is 25.8. The molecule has 54 heavy (non-hydrogen) atoms. The first-order valence-electron chi connectivity index (χ1n) is 16.5. The molecular formula is C40H33Cl2F2N3O7. The number of nitrogens with one attached hydrogen (secondary N) is 1. The summed E-state index contributed by atoms with van der Waals surface area (Å²) in [5.74, 6) is -3.64. The van der Waals surface area contributed by atoms with Crippen molar-refractivity contribution in [3.05, 3.63) is 127 Å². The van der Waals surface area contributed by atoms with Crippen LogP contribution in [0.3, 0.4) is 0 Å². The average molecular weight is 777 g/mol. The lowest BCUT2D eigenvalue weighted by Gasteiger charge is -2.32. The highest BCUT2D eigenvalue weighted by Gasteiger charge is 2.42. The average Bonchev–Trinajstić information content (AvgIpc) is 3.14. The van der Waals surface area contributed by atoms with Crippen LogP contribution in [0.2, 0.25) is 10.0 Å². The molecule has 2 unspecified atom stereocenters. The monoisotopic (exact) mass is 775 g/mol. The number of hydrogen-bond acceptors (Lipinski definition) is 7. The van der Waals surface area contributed by atoms with Gasteiger partial charge in [-0.3, -0.25) is 23.5 Å². The van der Waals surface area contributed by atoms with Crippen LogP contribution in [0.15, 0.2) is 94.5 Å². The molecule has 0 saturated carbocycles. The van der Waals surface area contributed by atoms with E-state index in [9.17, 15) is 28.0 Å². The molecule has 6 aromatic rings. The molecule has 278 valence electrons. The lowest BCUT2D eigenvalue weighted by atomic mass is 9.98. The number of benzene rings is 4. The van der Waals surface area contributed by atoms with Crippen LogP contribution < -0.4 is 25.9 Å². The van der Waals surface area contributed by atoms with Gasteiger partial charge in [0.15, 0.2) is 29.2 Å². The van der Waals surface area contributed by atoms with Crippen molar-refractivity contribution in [3.8, 4) is 34.0 Å². The van der Waals surface area contributed by atoms with Gasteiger partial charge in [-0.25, -0.2) is 13.6 Å². The molecule has 0 aliphatic carbocycles. The SMILES string of the molecule is COC(=O)C(C(C(=O)NC(C)C)n1c(-c2ccc(F)c(OC)c2)cc2ccc(Cl)cc2c1=O)n1c(-c2ccc(F)c(OC)c2)cc2ccc(Cl)cc2c1=O. The van der Waals surface area contributed by atoms with Gasteiger partial charge in [0.2, 0.25) is 5.91 Å². The van der Waals surface area contributed by atoms with Crippen LogP contribution in [0.4, 0.5) is 8.78 Å². The van der Waals surface area contributed by atoms with E-state index in [1.54, 1.807) is 50.2 Å². The van der Waals surface area contributed by atoms with Crippen LogP contribution in [-0.2, 0) is 14.3 Å². The summed E-state index contributed by atoms with van der Waals surface area (Å²) in [7, 11) is 3.62. The molecule has 0 saturated heterocycles. The number of nitrogens with zero attached hydrogens (tertiary/aromatic N) is 2. The Morgan fingerprint density at radius 1 is 0.648 bits per heavy atom. The highest BCUT2D eigenvalue weighted by molar-refractivity contribution is 6.31. The number of halogens is 4. The Labute approximate surface area is 317 Å². The molecule has 0 bridgehead atoms. The molecule has 2 atom stereocenters. The normalized spacial score (nSPS) is 12.5. The number of ether oxygens (including phenoxy) is 3. The van der Waals surface area contributed by atoms with E-state index >= 15 is 0 Å². The quantitative estimate of drug-likeness (QED) is 0.142. The molecule has 2 aromatic heterocycles. The number of carbonyl (C=O) groups is 2. The van der Waals surface area contributed by atoms with Crippen LogP contribution in [0.25, 0.3) is 44.1 Å². The minimum atomic E-state index is -1.91. The lowest BCUT2D eigenvalue weighted by Crippen LogP contribution is -2.48. The smallest absolute Gasteiger partial charge is 0.331 e. The fraction of sp³-hybridized carbons (Fsp3) is 0.200. The van der Waals surface area contributed by atoms with Crippen molar-refractivity contribution < 1.29 is 32.6 Å². The van der Waals surface area contributed by atoms with Gasteiger partial charge in [0.25, 0.3) is 11.1 Å². The molecule has 0 aliphatic rings. The molecular weight excluding hydrogens is 743 g/mol. The van der Waals surface area contributed by atoms with Gasteiger partial charge in [-0.05, 0) is 97.4 Å². The van der Waals surface area contributed by atoms with Gasteiger partial charge in [-0.15, -0.1) is 0 Å². The van der Waals surface area contributed by atoms with Crippen molar-refractivity contribution in [2.45, 2.75) is 32.0 Å². The zero-order valence-corrected chi connectivity index (χ0v) is 31.1. The third-order valence-electron chi connectivity index (χ3n) is 8.92. The maximum Gasteiger partial charge on any atom is 0.331 e. The molecule has 10 nitrogen and oxygen atoms in total. The Hall–Kier alpha value is -5.72. The molecule has 0 radical (unpaired) electrons. The number of esters is 1. The van der Waals surface area contributed by atoms with Gasteiger partial charge in [-0.1, -0.05) is 35.3 Å². The van der Waals surface area contributed by atoms with E-state index in [0.29, 0.717) is 10.8 Å². The number of aromatic nitrogens is 2. The highest BCUT2D eigenvalue weighted by atomic mass is 35.5. The van der Waals surface area contributed by atoms with Crippen LogP contribution in [-0.4, -0.2) is 48.4 Å².